The second kappa shape index (κ2) is 12.2. The third kappa shape index (κ3) is 5.04. The number of rotatable bonds is 2. The van der Waals surface area contributed by atoms with Crippen molar-refractivity contribution in [3.05, 3.63) is 157 Å². The lowest BCUT2D eigenvalue weighted by Gasteiger charge is -2.41. The van der Waals surface area contributed by atoms with Crippen LogP contribution in [-0.2, 0) is 10.8 Å². The first kappa shape index (κ1) is 34.8. The van der Waals surface area contributed by atoms with Gasteiger partial charge in [0, 0.05) is 49.4 Å². The first-order chi connectivity index (χ1) is 28.5. The molecule has 0 radical (unpaired) electrons. The molecule has 0 atom stereocenters. The summed E-state index contributed by atoms with van der Waals surface area (Å²) in [5, 5.41) is 1.29. The summed E-state index contributed by atoms with van der Waals surface area (Å²) in [5.41, 5.74) is 15.8. The van der Waals surface area contributed by atoms with Crippen molar-refractivity contribution >= 4 is 101 Å². The van der Waals surface area contributed by atoms with Crippen molar-refractivity contribution < 1.29 is 9.47 Å². The summed E-state index contributed by atoms with van der Waals surface area (Å²) in [6, 6.07) is 53.6. The number of fused-ring (bicyclic) bond motifs is 10. The van der Waals surface area contributed by atoms with Gasteiger partial charge >= 0.3 is 0 Å². The highest BCUT2D eigenvalue weighted by Crippen LogP contribution is 2.48. The third-order valence-electron chi connectivity index (χ3n) is 12.9. The zero-order valence-corrected chi connectivity index (χ0v) is 34.9. The number of thiophene rings is 1. The highest BCUT2D eigenvalue weighted by atomic mass is 32.1. The van der Waals surface area contributed by atoms with E-state index in [0.29, 0.717) is 0 Å². The molecule has 0 saturated heterocycles. The van der Waals surface area contributed by atoms with E-state index in [4.69, 9.17) is 9.47 Å². The molecule has 4 aliphatic rings. The fourth-order valence-corrected chi connectivity index (χ4v) is 11.3. The topological polar surface area (TPSA) is 24.9 Å². The lowest BCUT2D eigenvalue weighted by Crippen LogP contribution is -2.62. The number of benzene rings is 7. The van der Waals surface area contributed by atoms with Crippen LogP contribution >= 0.6 is 11.3 Å². The molecule has 4 nitrogen and oxygen atoms in total. The molecule has 59 heavy (non-hydrogen) atoms. The molecule has 8 aromatic rings. The maximum atomic E-state index is 7.02. The van der Waals surface area contributed by atoms with Gasteiger partial charge in [-0.2, -0.15) is 0 Å². The highest BCUT2D eigenvalue weighted by Gasteiger charge is 2.47. The van der Waals surface area contributed by atoms with Crippen LogP contribution in [0.1, 0.15) is 52.7 Å². The van der Waals surface area contributed by atoms with Crippen LogP contribution in [-0.4, -0.2) is 13.4 Å². The molecule has 0 aliphatic carbocycles. The van der Waals surface area contributed by atoms with Crippen molar-refractivity contribution in [2.45, 2.75) is 52.4 Å². The van der Waals surface area contributed by atoms with Crippen molar-refractivity contribution in [3.8, 4) is 23.0 Å². The van der Waals surface area contributed by atoms with Gasteiger partial charge in [0.1, 0.15) is 23.0 Å². The summed E-state index contributed by atoms with van der Waals surface area (Å²) >= 11 is 1.92. The van der Waals surface area contributed by atoms with Crippen LogP contribution in [0.2, 0.25) is 0 Å². The summed E-state index contributed by atoms with van der Waals surface area (Å²) in [7, 11) is 0. The number of hydrogen-bond acceptors (Lipinski definition) is 5. The summed E-state index contributed by atoms with van der Waals surface area (Å²) in [6.45, 7) is 13.7. The van der Waals surface area contributed by atoms with E-state index in [-0.39, 0.29) is 24.3 Å². The SMILES string of the molecule is CC(C)(C)c1ccc(N2c3cccc4c3B(c3cc5c(cc3O4)Oc3cccc4c3B5c3ccccc3N4c3ccccc3)c3sc4ccc(C(C)(C)C)cc4c32)cc1. The molecule has 1 aromatic heterocycles. The fraction of sp³-hybridized carbons (Fsp3) is 0.154. The van der Waals surface area contributed by atoms with E-state index in [2.05, 4.69) is 197 Å². The van der Waals surface area contributed by atoms with Crippen LogP contribution in [0.3, 0.4) is 0 Å². The Kier molecular flexibility index (Phi) is 7.19. The van der Waals surface area contributed by atoms with E-state index < -0.39 is 0 Å². The molecular weight excluding hydrogens is 738 g/mol. The molecule has 7 heteroatoms. The number of ether oxygens (including phenoxy) is 2. The van der Waals surface area contributed by atoms with Gasteiger partial charge in [-0.1, -0.05) is 114 Å². The van der Waals surface area contributed by atoms with Crippen LogP contribution < -0.4 is 51.4 Å². The first-order valence-corrected chi connectivity index (χ1v) is 21.6. The van der Waals surface area contributed by atoms with E-state index in [0.717, 1.165) is 45.7 Å². The monoisotopic (exact) mass is 780 g/mol. The minimum atomic E-state index is -0.0258. The normalized spacial score (nSPS) is 14.4. The van der Waals surface area contributed by atoms with Crippen LogP contribution in [0.5, 0.6) is 23.0 Å². The van der Waals surface area contributed by atoms with Crippen LogP contribution in [0.15, 0.2) is 146 Å². The zero-order chi connectivity index (χ0) is 39.9. The molecule has 4 aliphatic heterocycles. The zero-order valence-electron chi connectivity index (χ0n) is 34.1. The van der Waals surface area contributed by atoms with Crippen LogP contribution in [0.25, 0.3) is 10.1 Å². The number of anilines is 6. The minimum Gasteiger partial charge on any atom is -0.458 e. The molecule has 0 N–H and O–H groups in total. The molecule has 0 fully saturated rings. The van der Waals surface area contributed by atoms with Crippen molar-refractivity contribution in [2.75, 3.05) is 9.80 Å². The van der Waals surface area contributed by atoms with Gasteiger partial charge in [0.05, 0.1) is 5.69 Å². The molecular formula is C52H42B2N2O2S. The molecule has 0 bridgehead atoms. The van der Waals surface area contributed by atoms with Gasteiger partial charge in [0.2, 0.25) is 0 Å². The van der Waals surface area contributed by atoms with Crippen molar-refractivity contribution in [1.82, 2.24) is 0 Å². The number of hydrogen-bond donors (Lipinski definition) is 0. The molecule has 12 rings (SSSR count). The summed E-state index contributed by atoms with van der Waals surface area (Å²) in [5.74, 6) is 3.49. The Morgan fingerprint density at radius 1 is 0.458 bits per heavy atom. The van der Waals surface area contributed by atoms with Gasteiger partial charge < -0.3 is 19.3 Å². The van der Waals surface area contributed by atoms with Crippen molar-refractivity contribution in [1.29, 1.82) is 0 Å². The molecule has 5 heterocycles. The van der Waals surface area contributed by atoms with Gasteiger partial charge in [0.15, 0.2) is 0 Å². The van der Waals surface area contributed by atoms with E-state index >= 15 is 0 Å². The summed E-state index contributed by atoms with van der Waals surface area (Å²) in [6.07, 6.45) is 0. The summed E-state index contributed by atoms with van der Waals surface area (Å²) in [4.78, 5) is 4.90. The van der Waals surface area contributed by atoms with Crippen LogP contribution in [0, 0.1) is 0 Å². The predicted octanol–water partition coefficient (Wildman–Crippen LogP) is 10.3. The third-order valence-corrected chi connectivity index (χ3v) is 14.1. The van der Waals surface area contributed by atoms with E-state index in [1.54, 1.807) is 0 Å². The summed E-state index contributed by atoms with van der Waals surface area (Å²) < 4.78 is 16.6. The Hall–Kier alpha value is -6.17. The minimum absolute atomic E-state index is 0.00774. The Labute approximate surface area is 350 Å². The Balaban J connectivity index is 1.10. The van der Waals surface area contributed by atoms with Gasteiger partial charge in [0.25, 0.3) is 13.4 Å². The Morgan fingerprint density at radius 2 is 1.03 bits per heavy atom. The smallest absolute Gasteiger partial charge is 0.268 e. The number of nitrogens with zero attached hydrogens (tertiary/aromatic N) is 2. The Morgan fingerprint density at radius 3 is 1.73 bits per heavy atom. The van der Waals surface area contributed by atoms with Crippen LogP contribution in [0.4, 0.5) is 34.1 Å². The molecule has 0 amide bonds. The van der Waals surface area contributed by atoms with E-state index in [9.17, 15) is 0 Å². The first-order valence-electron chi connectivity index (χ1n) is 20.7. The van der Waals surface area contributed by atoms with E-state index in [1.165, 1.54) is 64.7 Å². The van der Waals surface area contributed by atoms with Gasteiger partial charge in [-0.25, -0.2) is 0 Å². The second-order valence-electron chi connectivity index (χ2n) is 18.5. The lowest BCUT2D eigenvalue weighted by molar-refractivity contribution is 0.466. The molecule has 7 aromatic carbocycles. The van der Waals surface area contributed by atoms with Crippen molar-refractivity contribution in [2.24, 2.45) is 0 Å². The molecule has 284 valence electrons. The fourth-order valence-electron chi connectivity index (χ4n) is 10.00. The largest absolute Gasteiger partial charge is 0.458 e. The quantitative estimate of drug-likeness (QED) is 0.163. The average Bonchev–Trinajstić information content (AvgIpc) is 3.61. The molecule has 0 saturated carbocycles. The van der Waals surface area contributed by atoms with Gasteiger partial charge in [-0.05, 0) is 116 Å². The highest BCUT2D eigenvalue weighted by molar-refractivity contribution is 7.33. The van der Waals surface area contributed by atoms with Gasteiger partial charge in [-0.15, -0.1) is 11.3 Å². The van der Waals surface area contributed by atoms with Gasteiger partial charge in [-0.3, -0.25) is 0 Å². The Bertz CT molecular complexity index is 3050. The average molecular weight is 781 g/mol. The molecule has 0 spiro atoms. The van der Waals surface area contributed by atoms with E-state index in [1.807, 2.05) is 11.3 Å². The standard InChI is InChI=1S/C52H42B2N2O2S/c1-51(2,3)31-22-25-34(26-23-31)56-41-19-13-21-43-48(41)54(50-49(56)35-28-32(52(4,5)6)24-27-46(35)59-50)38-29-37-44(30-45(38)58-43)57-42-20-12-18-40-47(42)53(37)36-16-10-11-17-39(36)55(40)33-14-8-7-9-15-33/h7-30H,1-6H3. The predicted molar refractivity (Wildman–Crippen MR) is 251 cm³/mol. The molecule has 0 unspecified atom stereocenters. The lowest BCUT2D eigenvalue weighted by atomic mass is 9.32. The second-order valence-corrected chi connectivity index (χ2v) is 19.6. The maximum Gasteiger partial charge on any atom is 0.268 e. The number of para-hydroxylation sites is 2. The van der Waals surface area contributed by atoms with Crippen molar-refractivity contribution in [3.63, 3.8) is 0 Å². The maximum absolute atomic E-state index is 7.02.